The van der Waals surface area contributed by atoms with Crippen molar-refractivity contribution in [1.29, 1.82) is 0 Å². The molecule has 2 N–H and O–H groups in total. The average Bonchev–Trinajstić information content (AvgIpc) is 2.37. The Morgan fingerprint density at radius 1 is 1.53 bits per heavy atom. The molecule has 0 spiro atoms. The van der Waals surface area contributed by atoms with Crippen LogP contribution in [0, 0.1) is 0 Å². The van der Waals surface area contributed by atoms with Crippen molar-refractivity contribution in [2.24, 2.45) is 0 Å². The Labute approximate surface area is 115 Å². The zero-order valence-electron chi connectivity index (χ0n) is 10.7. The van der Waals surface area contributed by atoms with E-state index >= 15 is 0 Å². The van der Waals surface area contributed by atoms with Crippen LogP contribution in [0.1, 0.15) is 25.0 Å². The zero-order chi connectivity index (χ0) is 14.4. The molecule has 1 aromatic rings. The highest BCUT2D eigenvalue weighted by Gasteiger charge is 2.23. The summed E-state index contributed by atoms with van der Waals surface area (Å²) in [4.78, 5) is 15.1. The molecule has 1 rings (SSSR count). The van der Waals surface area contributed by atoms with Gasteiger partial charge in [-0.05, 0) is 13.0 Å². The molecular formula is C12H16ClNO5. The Kier molecular flexibility index (Phi) is 6.01. The first kappa shape index (κ1) is 15.7. The minimum Gasteiger partial charge on any atom is -0.480 e. The maximum Gasteiger partial charge on any atom is 0.308 e. The lowest BCUT2D eigenvalue weighted by atomic mass is 10.0. The van der Waals surface area contributed by atoms with Crippen molar-refractivity contribution < 1.29 is 24.5 Å². The third kappa shape index (κ3) is 4.34. The van der Waals surface area contributed by atoms with Crippen LogP contribution in [0.3, 0.4) is 0 Å². The van der Waals surface area contributed by atoms with Crippen LogP contribution in [0.5, 0.6) is 5.88 Å². The first-order valence-electron chi connectivity index (χ1n) is 5.70. The predicted octanol–water partition coefficient (Wildman–Crippen LogP) is 1.09. The number of esters is 1. The molecule has 7 heteroatoms. The molecule has 0 amide bonds. The van der Waals surface area contributed by atoms with Crippen LogP contribution >= 0.6 is 11.6 Å². The number of pyridine rings is 1. The number of hydrogen-bond donors (Lipinski definition) is 2. The fourth-order valence-electron chi connectivity index (χ4n) is 1.48. The van der Waals surface area contributed by atoms with Crippen LogP contribution in [0.4, 0.5) is 0 Å². The molecular weight excluding hydrogens is 274 g/mol. The van der Waals surface area contributed by atoms with E-state index in [1.165, 1.54) is 19.4 Å². The van der Waals surface area contributed by atoms with Gasteiger partial charge < -0.3 is 19.7 Å². The summed E-state index contributed by atoms with van der Waals surface area (Å²) in [5, 5.41) is 19.8. The van der Waals surface area contributed by atoms with E-state index in [1.807, 2.05) is 0 Å². The van der Waals surface area contributed by atoms with E-state index in [9.17, 15) is 15.0 Å². The third-order valence-electron chi connectivity index (χ3n) is 2.41. The van der Waals surface area contributed by atoms with Gasteiger partial charge in [0.15, 0.2) is 0 Å². The highest BCUT2D eigenvalue weighted by atomic mass is 35.5. The smallest absolute Gasteiger partial charge is 0.308 e. The van der Waals surface area contributed by atoms with Crippen LogP contribution in [-0.2, 0) is 9.53 Å². The fourth-order valence-corrected chi connectivity index (χ4v) is 1.73. The topological polar surface area (TPSA) is 88.9 Å². The van der Waals surface area contributed by atoms with Crippen molar-refractivity contribution >= 4 is 17.6 Å². The number of halogens is 1. The Morgan fingerprint density at radius 2 is 2.21 bits per heavy atom. The fraction of sp³-hybridized carbons (Fsp3) is 0.500. The summed E-state index contributed by atoms with van der Waals surface area (Å²) in [5.41, 5.74) is 0.294. The second-order valence-corrected chi connectivity index (χ2v) is 4.19. The molecule has 0 aliphatic heterocycles. The number of aromatic nitrogens is 1. The van der Waals surface area contributed by atoms with E-state index in [-0.39, 0.29) is 23.9 Å². The number of nitrogens with zero attached hydrogens (tertiary/aromatic N) is 1. The van der Waals surface area contributed by atoms with Crippen molar-refractivity contribution in [3.63, 3.8) is 0 Å². The Bertz CT molecular complexity index is 440. The van der Waals surface area contributed by atoms with Gasteiger partial charge in [-0.3, -0.25) is 4.79 Å². The first-order valence-corrected chi connectivity index (χ1v) is 6.08. The van der Waals surface area contributed by atoms with E-state index in [0.717, 1.165) is 0 Å². The van der Waals surface area contributed by atoms with Gasteiger partial charge in [0.05, 0.1) is 26.2 Å². The lowest BCUT2D eigenvalue weighted by molar-refractivity contribution is -0.147. The standard InChI is InChI=1S/C12H16ClNO5/c1-3-19-10(16)5-9(15)11(17)7-4-8(13)12(18-2)14-6-7/h4,6,9,11,15,17H,3,5H2,1-2H3. The van der Waals surface area contributed by atoms with Crippen molar-refractivity contribution in [2.75, 3.05) is 13.7 Å². The summed E-state index contributed by atoms with van der Waals surface area (Å²) in [5.74, 6) is -0.362. The van der Waals surface area contributed by atoms with Gasteiger partial charge in [-0.2, -0.15) is 0 Å². The lowest BCUT2D eigenvalue weighted by Crippen LogP contribution is -2.23. The molecule has 0 saturated heterocycles. The number of hydrogen-bond acceptors (Lipinski definition) is 6. The number of methoxy groups -OCH3 is 1. The number of carbonyl (C=O) groups is 1. The minimum absolute atomic E-state index is 0.211. The van der Waals surface area contributed by atoms with Crippen molar-refractivity contribution in [1.82, 2.24) is 4.98 Å². The van der Waals surface area contributed by atoms with Gasteiger partial charge in [0, 0.05) is 11.8 Å². The molecule has 0 aromatic carbocycles. The molecule has 0 fully saturated rings. The minimum atomic E-state index is -1.29. The summed E-state index contributed by atoms with van der Waals surface area (Å²) < 4.78 is 9.56. The SMILES string of the molecule is CCOC(=O)CC(O)C(O)c1cnc(OC)c(Cl)c1. The van der Waals surface area contributed by atoms with Gasteiger partial charge in [0.2, 0.25) is 5.88 Å². The maximum atomic E-state index is 11.2. The van der Waals surface area contributed by atoms with E-state index < -0.39 is 18.2 Å². The molecule has 0 radical (unpaired) electrons. The van der Waals surface area contributed by atoms with Gasteiger partial charge in [-0.25, -0.2) is 4.98 Å². The van der Waals surface area contributed by atoms with E-state index in [2.05, 4.69) is 9.72 Å². The van der Waals surface area contributed by atoms with Gasteiger partial charge in [0.1, 0.15) is 11.1 Å². The Hall–Kier alpha value is -1.37. The highest BCUT2D eigenvalue weighted by molar-refractivity contribution is 6.31. The number of carbonyl (C=O) groups excluding carboxylic acids is 1. The summed E-state index contributed by atoms with van der Waals surface area (Å²) >= 11 is 5.86. The summed E-state index contributed by atoms with van der Waals surface area (Å²) in [6.07, 6.45) is -1.55. The van der Waals surface area contributed by atoms with Gasteiger partial charge in [-0.15, -0.1) is 0 Å². The molecule has 0 saturated carbocycles. The van der Waals surface area contributed by atoms with Crippen molar-refractivity contribution in [3.8, 4) is 5.88 Å². The van der Waals surface area contributed by atoms with E-state index in [1.54, 1.807) is 6.92 Å². The summed E-state index contributed by atoms with van der Waals surface area (Å²) in [6, 6.07) is 1.42. The maximum absolute atomic E-state index is 11.2. The normalized spacial score (nSPS) is 13.7. The molecule has 0 aliphatic carbocycles. The largest absolute Gasteiger partial charge is 0.480 e. The molecule has 1 heterocycles. The van der Waals surface area contributed by atoms with Gasteiger partial charge >= 0.3 is 5.97 Å². The monoisotopic (exact) mass is 289 g/mol. The van der Waals surface area contributed by atoms with Crippen LogP contribution in [0.2, 0.25) is 5.02 Å². The molecule has 0 aliphatic rings. The van der Waals surface area contributed by atoms with Crippen LogP contribution in [-0.4, -0.2) is 41.0 Å². The first-order chi connectivity index (χ1) is 8.99. The Balaban J connectivity index is 2.73. The summed E-state index contributed by atoms with van der Waals surface area (Å²) in [6.45, 7) is 1.88. The molecule has 2 atom stereocenters. The molecule has 106 valence electrons. The molecule has 6 nitrogen and oxygen atoms in total. The van der Waals surface area contributed by atoms with Gasteiger partial charge in [0.25, 0.3) is 0 Å². The van der Waals surface area contributed by atoms with Crippen molar-refractivity contribution in [2.45, 2.75) is 25.6 Å². The lowest BCUT2D eigenvalue weighted by Gasteiger charge is -2.17. The Morgan fingerprint density at radius 3 is 2.74 bits per heavy atom. The van der Waals surface area contributed by atoms with Crippen LogP contribution in [0.15, 0.2) is 12.3 Å². The van der Waals surface area contributed by atoms with Crippen LogP contribution < -0.4 is 4.74 Å². The van der Waals surface area contributed by atoms with E-state index in [0.29, 0.717) is 5.56 Å². The van der Waals surface area contributed by atoms with E-state index in [4.69, 9.17) is 16.3 Å². The number of ether oxygens (including phenoxy) is 2. The van der Waals surface area contributed by atoms with Crippen LogP contribution in [0.25, 0.3) is 0 Å². The number of aliphatic hydroxyl groups excluding tert-OH is 2. The molecule has 2 unspecified atom stereocenters. The molecule has 1 aromatic heterocycles. The average molecular weight is 290 g/mol. The third-order valence-corrected chi connectivity index (χ3v) is 2.68. The molecule has 0 bridgehead atoms. The molecule has 19 heavy (non-hydrogen) atoms. The highest BCUT2D eigenvalue weighted by Crippen LogP contribution is 2.26. The summed E-state index contributed by atoms with van der Waals surface area (Å²) in [7, 11) is 1.42. The second-order valence-electron chi connectivity index (χ2n) is 3.78. The predicted molar refractivity (Wildman–Crippen MR) is 68.0 cm³/mol. The quantitative estimate of drug-likeness (QED) is 0.762. The zero-order valence-corrected chi connectivity index (χ0v) is 11.4. The number of rotatable bonds is 6. The second kappa shape index (κ2) is 7.28. The van der Waals surface area contributed by atoms with Gasteiger partial charge in [-0.1, -0.05) is 11.6 Å². The van der Waals surface area contributed by atoms with Crippen molar-refractivity contribution in [3.05, 3.63) is 22.8 Å². The number of aliphatic hydroxyl groups is 2.